The van der Waals surface area contributed by atoms with Crippen LogP contribution in [0, 0.1) is 7.14 Å². The van der Waals surface area contributed by atoms with Crippen LogP contribution in [0.2, 0.25) is 0 Å². The van der Waals surface area contributed by atoms with Crippen molar-refractivity contribution in [3.63, 3.8) is 0 Å². The lowest BCUT2D eigenvalue weighted by atomic mass is 9.92. The van der Waals surface area contributed by atoms with E-state index in [0.29, 0.717) is 11.3 Å². The average molecular weight is 576 g/mol. The fraction of sp³-hybridized carbons (Fsp3) is 0. The second-order valence-corrected chi connectivity index (χ2v) is 8.54. The molecule has 0 aromatic heterocycles. The summed E-state index contributed by atoms with van der Waals surface area (Å²) in [4.78, 5) is 17.8. The zero-order valence-electron chi connectivity index (χ0n) is 14.1. The number of carbonyl (C=O) groups excluding carboxylic acids is 1. The van der Waals surface area contributed by atoms with Crippen molar-refractivity contribution in [2.75, 3.05) is 5.32 Å². The first-order valence-corrected chi connectivity index (χ1v) is 10.5. The first-order valence-electron chi connectivity index (χ1n) is 8.33. The third-order valence-electron chi connectivity index (χ3n) is 4.13. The summed E-state index contributed by atoms with van der Waals surface area (Å²) >= 11 is 4.53. The molecule has 3 nitrogen and oxygen atoms in total. The second-order valence-electron chi connectivity index (χ2n) is 6.04. The predicted molar refractivity (Wildman–Crippen MR) is 127 cm³/mol. The largest absolute Gasteiger partial charge is 0.352 e. The first kappa shape index (κ1) is 18.4. The molecule has 0 amide bonds. The van der Waals surface area contributed by atoms with E-state index in [4.69, 9.17) is 4.99 Å². The number of ketones is 1. The number of allylic oxidation sites excluding steroid dienone is 2. The molecular weight excluding hydrogens is 562 g/mol. The van der Waals surface area contributed by atoms with Crippen LogP contribution >= 0.6 is 45.2 Å². The molecule has 4 rings (SSSR count). The molecule has 3 aromatic carbocycles. The molecule has 0 radical (unpaired) electrons. The maximum Gasteiger partial charge on any atom is 0.209 e. The molecule has 3 aromatic rings. The van der Waals surface area contributed by atoms with E-state index >= 15 is 0 Å². The molecule has 1 aliphatic carbocycles. The molecule has 0 bridgehead atoms. The Morgan fingerprint density at radius 1 is 0.778 bits per heavy atom. The molecule has 0 spiro atoms. The molecule has 132 valence electrons. The van der Waals surface area contributed by atoms with Crippen LogP contribution in [0.1, 0.15) is 15.9 Å². The van der Waals surface area contributed by atoms with Crippen molar-refractivity contribution >= 4 is 68.1 Å². The van der Waals surface area contributed by atoms with E-state index in [1.54, 1.807) is 0 Å². The average Bonchev–Trinajstić information content (AvgIpc) is 2.66. The summed E-state index contributed by atoms with van der Waals surface area (Å²) in [6, 6.07) is 23.5. The Balaban J connectivity index is 1.80. The summed E-state index contributed by atoms with van der Waals surface area (Å²) in [5.41, 5.74) is 4.58. The van der Waals surface area contributed by atoms with Gasteiger partial charge in [-0.25, -0.2) is 4.99 Å². The van der Waals surface area contributed by atoms with Gasteiger partial charge in [-0.1, -0.05) is 36.4 Å². The summed E-state index contributed by atoms with van der Waals surface area (Å²) in [6.07, 6.45) is 1.84. The first-order chi connectivity index (χ1) is 13.1. The van der Waals surface area contributed by atoms with E-state index in [2.05, 4.69) is 50.5 Å². The number of fused-ring (bicyclic) bond motifs is 1. The van der Waals surface area contributed by atoms with Crippen molar-refractivity contribution in [3.05, 3.63) is 103 Å². The van der Waals surface area contributed by atoms with Crippen LogP contribution in [0.25, 0.3) is 0 Å². The molecule has 0 saturated carbocycles. The van der Waals surface area contributed by atoms with Gasteiger partial charge >= 0.3 is 0 Å². The maximum absolute atomic E-state index is 13.0. The smallest absolute Gasteiger partial charge is 0.209 e. The van der Waals surface area contributed by atoms with E-state index in [1.165, 1.54) is 0 Å². The number of anilines is 1. The van der Waals surface area contributed by atoms with Crippen LogP contribution in [-0.4, -0.2) is 11.5 Å². The van der Waals surface area contributed by atoms with E-state index in [1.807, 2.05) is 78.9 Å². The highest BCUT2D eigenvalue weighted by molar-refractivity contribution is 14.1. The Morgan fingerprint density at radius 2 is 1.48 bits per heavy atom. The van der Waals surface area contributed by atoms with Crippen molar-refractivity contribution in [3.8, 4) is 0 Å². The number of halogens is 2. The summed E-state index contributed by atoms with van der Waals surface area (Å²) < 4.78 is 2.23. The van der Waals surface area contributed by atoms with Crippen LogP contribution in [0.3, 0.4) is 0 Å². The van der Waals surface area contributed by atoms with E-state index in [9.17, 15) is 4.79 Å². The molecule has 1 N–H and O–H groups in total. The van der Waals surface area contributed by atoms with Crippen LogP contribution in [0.4, 0.5) is 11.4 Å². The van der Waals surface area contributed by atoms with Gasteiger partial charge in [-0.05, 0) is 87.7 Å². The lowest BCUT2D eigenvalue weighted by Crippen LogP contribution is -2.21. The zero-order valence-corrected chi connectivity index (χ0v) is 18.4. The molecule has 27 heavy (non-hydrogen) atoms. The highest BCUT2D eigenvalue weighted by Gasteiger charge is 2.24. The summed E-state index contributed by atoms with van der Waals surface area (Å²) in [6.45, 7) is 0. The molecule has 0 saturated heterocycles. The highest BCUT2D eigenvalue weighted by Crippen LogP contribution is 2.26. The van der Waals surface area contributed by atoms with E-state index < -0.39 is 0 Å². The van der Waals surface area contributed by atoms with Crippen LogP contribution < -0.4 is 5.32 Å². The second kappa shape index (κ2) is 7.93. The third-order valence-corrected chi connectivity index (χ3v) is 5.48. The number of carbonyl (C=O) groups is 1. The zero-order chi connectivity index (χ0) is 18.8. The number of hydrogen-bond acceptors (Lipinski definition) is 3. The standard InChI is InChI=1S/C22H14I2N2O/c23-14-5-3-7-16(11-14)25-20-13-21(26-17-8-4-6-15(24)12-17)22(27)19-10-2-1-9-18(19)20/h1-13,26H. The number of Topliss-reactive ketones (excluding diaryl/α,β-unsaturated/α-hetero) is 1. The summed E-state index contributed by atoms with van der Waals surface area (Å²) in [5, 5.41) is 3.26. The van der Waals surface area contributed by atoms with Crippen molar-refractivity contribution < 1.29 is 4.79 Å². The topological polar surface area (TPSA) is 41.5 Å². The fourth-order valence-electron chi connectivity index (χ4n) is 2.92. The van der Waals surface area contributed by atoms with E-state index in [-0.39, 0.29) is 5.78 Å². The van der Waals surface area contributed by atoms with Gasteiger partial charge in [0, 0.05) is 24.0 Å². The van der Waals surface area contributed by atoms with Gasteiger partial charge in [0.1, 0.15) is 0 Å². The summed E-state index contributed by atoms with van der Waals surface area (Å²) in [7, 11) is 0. The minimum absolute atomic E-state index is 0.0222. The minimum atomic E-state index is -0.0222. The normalized spacial score (nSPS) is 14.7. The Labute approximate surface area is 184 Å². The number of benzene rings is 3. The van der Waals surface area contributed by atoms with Crippen molar-refractivity contribution in [1.82, 2.24) is 0 Å². The van der Waals surface area contributed by atoms with Gasteiger partial charge in [0.2, 0.25) is 5.78 Å². The lowest BCUT2D eigenvalue weighted by molar-refractivity contribution is 0.103. The lowest BCUT2D eigenvalue weighted by Gasteiger charge is -2.19. The Bertz CT molecular complexity index is 1100. The number of nitrogens with one attached hydrogen (secondary N) is 1. The Kier molecular flexibility index (Phi) is 5.40. The predicted octanol–water partition coefficient (Wildman–Crippen LogP) is 6.21. The van der Waals surface area contributed by atoms with E-state index in [0.717, 1.165) is 29.8 Å². The number of nitrogens with zero attached hydrogens (tertiary/aromatic N) is 1. The Morgan fingerprint density at radius 3 is 2.22 bits per heavy atom. The molecule has 0 atom stereocenters. The molecule has 0 unspecified atom stereocenters. The Hall–Kier alpha value is -2.00. The van der Waals surface area contributed by atoms with Gasteiger partial charge in [-0.15, -0.1) is 0 Å². The van der Waals surface area contributed by atoms with Crippen molar-refractivity contribution in [2.24, 2.45) is 4.99 Å². The SMILES string of the molecule is O=C1C(Nc2cccc(I)c2)=CC(=Nc2cccc(I)c2)c2ccccc21. The molecule has 5 heteroatoms. The fourth-order valence-corrected chi connectivity index (χ4v) is 3.99. The van der Waals surface area contributed by atoms with Gasteiger partial charge in [0.15, 0.2) is 0 Å². The van der Waals surface area contributed by atoms with Gasteiger partial charge in [0.25, 0.3) is 0 Å². The summed E-state index contributed by atoms with van der Waals surface area (Å²) in [5.74, 6) is -0.0222. The third kappa shape index (κ3) is 4.14. The number of hydrogen-bond donors (Lipinski definition) is 1. The molecule has 0 fully saturated rings. The van der Waals surface area contributed by atoms with Crippen LogP contribution in [0.15, 0.2) is 89.6 Å². The number of aliphatic imine (C=N–C) groups is 1. The molecule has 0 aliphatic heterocycles. The maximum atomic E-state index is 13.0. The quantitative estimate of drug-likeness (QED) is 0.377. The molecular formula is C22H14I2N2O. The number of rotatable bonds is 3. The van der Waals surface area contributed by atoms with Crippen LogP contribution in [-0.2, 0) is 0 Å². The molecule has 0 heterocycles. The van der Waals surface area contributed by atoms with Gasteiger partial charge in [-0.3, -0.25) is 4.79 Å². The minimum Gasteiger partial charge on any atom is -0.352 e. The van der Waals surface area contributed by atoms with Crippen LogP contribution in [0.5, 0.6) is 0 Å². The van der Waals surface area contributed by atoms with Gasteiger partial charge < -0.3 is 5.32 Å². The van der Waals surface area contributed by atoms with Gasteiger partial charge in [-0.2, -0.15) is 0 Å². The molecule has 1 aliphatic rings. The van der Waals surface area contributed by atoms with Crippen molar-refractivity contribution in [2.45, 2.75) is 0 Å². The monoisotopic (exact) mass is 576 g/mol. The van der Waals surface area contributed by atoms with Crippen molar-refractivity contribution in [1.29, 1.82) is 0 Å². The highest BCUT2D eigenvalue weighted by atomic mass is 127. The van der Waals surface area contributed by atoms with Gasteiger partial charge in [0.05, 0.1) is 17.1 Å².